The Morgan fingerprint density at radius 3 is 2.77 bits per heavy atom. The van der Waals surface area contributed by atoms with E-state index >= 15 is 0 Å². The van der Waals surface area contributed by atoms with E-state index in [9.17, 15) is 4.39 Å². The molecule has 0 aromatic heterocycles. The smallest absolute Gasteiger partial charge is 0.155 e. The van der Waals surface area contributed by atoms with E-state index in [0.717, 1.165) is 0 Å². The van der Waals surface area contributed by atoms with Gasteiger partial charge in [0.15, 0.2) is 15.2 Å². The van der Waals surface area contributed by atoms with Gasteiger partial charge in [0.25, 0.3) is 0 Å². The molecule has 2 radical (unpaired) electrons. The minimum Gasteiger partial charge on any atom is -0.379 e. The van der Waals surface area contributed by atoms with Crippen LogP contribution in [0.25, 0.3) is 0 Å². The largest absolute Gasteiger partial charge is 0.379 e. The van der Waals surface area contributed by atoms with Gasteiger partial charge in [0.1, 0.15) is 14.0 Å². The van der Waals surface area contributed by atoms with E-state index in [1.807, 2.05) is 6.92 Å². The van der Waals surface area contributed by atoms with Crippen molar-refractivity contribution >= 4 is 16.9 Å². The number of hydrogen-bond donors (Lipinski definition) is 0. The van der Waals surface area contributed by atoms with Crippen LogP contribution in [0.2, 0.25) is 0 Å². The molecule has 0 N–H and O–H groups in total. The lowest BCUT2D eigenvalue weighted by Crippen LogP contribution is -2.30. The van der Waals surface area contributed by atoms with E-state index in [1.54, 1.807) is 0 Å². The van der Waals surface area contributed by atoms with Crippen LogP contribution in [-0.2, 0) is 13.8 Å². The van der Waals surface area contributed by atoms with Gasteiger partial charge in [-0.25, -0.2) is 4.39 Å². The van der Waals surface area contributed by atoms with E-state index in [4.69, 9.17) is 21.6 Å². The molecule has 6 heteroatoms. The van der Waals surface area contributed by atoms with Crippen molar-refractivity contribution in [3.05, 3.63) is 0 Å². The highest BCUT2D eigenvalue weighted by molar-refractivity contribution is 7.26. The van der Waals surface area contributed by atoms with Crippen molar-refractivity contribution in [2.75, 3.05) is 7.11 Å². The number of alkyl halides is 1. The fourth-order valence-corrected chi connectivity index (χ4v) is 1.78. The van der Waals surface area contributed by atoms with Crippen molar-refractivity contribution in [1.82, 2.24) is 0 Å². The zero-order chi connectivity index (χ0) is 9.84. The standard InChI is InChI=1S/C7H13BFO3P/c1-3-4-5(9)6(7(8)11-4)12-13-10-2/h4-7,13H,3H2,1-2H3/t4-,5+,6?,7-/m1/s1. The molecule has 5 atom stereocenters. The second-order valence-corrected chi connectivity index (χ2v) is 3.67. The summed E-state index contributed by atoms with van der Waals surface area (Å²) < 4.78 is 28.4. The summed E-state index contributed by atoms with van der Waals surface area (Å²) in [6.07, 6.45) is -1.68. The van der Waals surface area contributed by atoms with Crippen LogP contribution in [0.15, 0.2) is 0 Å². The highest BCUT2D eigenvalue weighted by Crippen LogP contribution is 2.31. The van der Waals surface area contributed by atoms with Crippen LogP contribution in [0.3, 0.4) is 0 Å². The Bertz CT molecular complexity index is 163. The molecule has 0 aromatic rings. The highest BCUT2D eigenvalue weighted by Gasteiger charge is 2.42. The SMILES string of the molecule is [B][C@@H]1O[C@H](CC)[C@H](F)C1OPOC. The summed E-state index contributed by atoms with van der Waals surface area (Å²) in [7, 11) is 6.84. The molecule has 1 fully saturated rings. The average Bonchev–Trinajstić information content (AvgIpc) is 2.39. The van der Waals surface area contributed by atoms with Crippen molar-refractivity contribution in [2.45, 2.75) is 37.7 Å². The first-order valence-electron chi connectivity index (χ1n) is 4.19. The Kier molecular flexibility index (Phi) is 4.60. The maximum atomic E-state index is 13.4. The Morgan fingerprint density at radius 1 is 1.62 bits per heavy atom. The van der Waals surface area contributed by atoms with E-state index < -0.39 is 24.4 Å². The van der Waals surface area contributed by atoms with Gasteiger partial charge in [-0.1, -0.05) is 6.92 Å². The third-order valence-corrected chi connectivity index (χ3v) is 2.53. The van der Waals surface area contributed by atoms with Crippen LogP contribution in [0, 0.1) is 0 Å². The normalized spacial score (nSPS) is 40.5. The molecule has 2 unspecified atom stereocenters. The lowest BCUT2D eigenvalue weighted by molar-refractivity contribution is 0.0571. The van der Waals surface area contributed by atoms with Crippen LogP contribution in [0.4, 0.5) is 4.39 Å². The molecule has 0 spiro atoms. The molecule has 0 saturated carbocycles. The Morgan fingerprint density at radius 2 is 2.31 bits per heavy atom. The van der Waals surface area contributed by atoms with Crippen molar-refractivity contribution in [2.24, 2.45) is 0 Å². The predicted molar refractivity (Wildman–Crippen MR) is 49.8 cm³/mol. The van der Waals surface area contributed by atoms with E-state index in [2.05, 4.69) is 0 Å². The first-order valence-corrected chi connectivity index (χ1v) is 5.01. The molecule has 74 valence electrons. The van der Waals surface area contributed by atoms with Gasteiger partial charge in [0.05, 0.1) is 6.10 Å². The molecule has 0 aromatic carbocycles. The molecule has 1 aliphatic rings. The van der Waals surface area contributed by atoms with E-state index in [1.165, 1.54) is 7.11 Å². The van der Waals surface area contributed by atoms with Gasteiger partial charge < -0.3 is 13.8 Å². The van der Waals surface area contributed by atoms with Crippen LogP contribution < -0.4 is 0 Å². The number of halogens is 1. The molecule has 1 heterocycles. The van der Waals surface area contributed by atoms with Gasteiger partial charge in [-0.3, -0.25) is 0 Å². The topological polar surface area (TPSA) is 27.7 Å². The summed E-state index contributed by atoms with van der Waals surface area (Å²) in [4.78, 5) is 0. The second-order valence-electron chi connectivity index (χ2n) is 2.86. The molecular formula is C7H13BFO3P. The minimum absolute atomic E-state index is 0.188. The van der Waals surface area contributed by atoms with Crippen molar-refractivity contribution in [3.8, 4) is 0 Å². The number of ether oxygens (including phenoxy) is 1. The first kappa shape index (κ1) is 11.4. The van der Waals surface area contributed by atoms with Crippen molar-refractivity contribution < 1.29 is 18.2 Å². The second kappa shape index (κ2) is 5.25. The molecule has 13 heavy (non-hydrogen) atoms. The molecule has 0 aliphatic carbocycles. The average molecular weight is 206 g/mol. The Balaban J connectivity index is 2.44. The van der Waals surface area contributed by atoms with Crippen LogP contribution >= 0.6 is 9.03 Å². The third kappa shape index (κ3) is 2.63. The maximum absolute atomic E-state index is 13.4. The van der Waals surface area contributed by atoms with Crippen LogP contribution in [0.5, 0.6) is 0 Å². The van der Waals surface area contributed by atoms with Gasteiger partial charge in [0, 0.05) is 13.1 Å². The molecule has 0 amide bonds. The summed E-state index contributed by atoms with van der Waals surface area (Å²) in [6, 6.07) is -0.678. The quantitative estimate of drug-likeness (QED) is 0.510. The van der Waals surface area contributed by atoms with Crippen molar-refractivity contribution in [3.63, 3.8) is 0 Å². The van der Waals surface area contributed by atoms with Crippen LogP contribution in [-0.4, -0.2) is 39.3 Å². The summed E-state index contributed by atoms with van der Waals surface area (Å²) >= 11 is 0. The highest BCUT2D eigenvalue weighted by atomic mass is 31.1. The lowest BCUT2D eigenvalue weighted by Gasteiger charge is -2.15. The summed E-state index contributed by atoms with van der Waals surface area (Å²) in [6.45, 7) is 1.85. The predicted octanol–water partition coefficient (Wildman–Crippen LogP) is 1.17. The molecule has 0 bridgehead atoms. The zero-order valence-corrected chi connectivity index (χ0v) is 8.70. The van der Waals surface area contributed by atoms with Gasteiger partial charge in [-0.15, -0.1) is 0 Å². The Labute approximate surface area is 80.7 Å². The monoisotopic (exact) mass is 206 g/mol. The van der Waals surface area contributed by atoms with Crippen molar-refractivity contribution in [1.29, 1.82) is 0 Å². The molecule has 1 rings (SSSR count). The van der Waals surface area contributed by atoms with Gasteiger partial charge >= 0.3 is 0 Å². The molecule has 1 saturated heterocycles. The molecule has 1 aliphatic heterocycles. The first-order chi connectivity index (χ1) is 6.20. The van der Waals surface area contributed by atoms with Gasteiger partial charge in [-0.05, 0) is 6.42 Å². The Hall–Kier alpha value is 0.305. The van der Waals surface area contributed by atoms with Gasteiger partial charge in [-0.2, -0.15) is 0 Å². The summed E-state index contributed by atoms with van der Waals surface area (Å²) in [5.41, 5.74) is 0. The fraction of sp³-hybridized carbons (Fsp3) is 1.00. The van der Waals surface area contributed by atoms with E-state index in [0.29, 0.717) is 6.42 Å². The summed E-state index contributed by atoms with van der Waals surface area (Å²) in [5, 5.41) is 0. The van der Waals surface area contributed by atoms with Crippen LogP contribution in [0.1, 0.15) is 13.3 Å². The molecule has 3 nitrogen and oxygen atoms in total. The van der Waals surface area contributed by atoms with Gasteiger partial charge in [0.2, 0.25) is 0 Å². The lowest BCUT2D eigenvalue weighted by atomic mass is 9.93. The van der Waals surface area contributed by atoms with E-state index in [-0.39, 0.29) is 9.03 Å². The zero-order valence-electron chi connectivity index (χ0n) is 7.70. The fourth-order valence-electron chi connectivity index (χ4n) is 1.30. The third-order valence-electron chi connectivity index (χ3n) is 1.99. The number of hydrogen-bond acceptors (Lipinski definition) is 3. The minimum atomic E-state index is -1.15. The maximum Gasteiger partial charge on any atom is 0.155 e. The number of rotatable bonds is 4. The molecular weight excluding hydrogens is 193 g/mol. The summed E-state index contributed by atoms with van der Waals surface area (Å²) in [5.74, 6) is 0.